The molecule has 6 nitrogen and oxygen atoms in total. The van der Waals surface area contributed by atoms with Crippen molar-refractivity contribution in [3.8, 4) is 16.9 Å². The van der Waals surface area contributed by atoms with Gasteiger partial charge >= 0.3 is 0 Å². The van der Waals surface area contributed by atoms with E-state index >= 15 is 0 Å². The minimum Gasteiger partial charge on any atom is -0.491 e. The number of hydrogen-bond donors (Lipinski definition) is 1. The molecule has 0 bridgehead atoms. The molecule has 0 saturated heterocycles. The van der Waals surface area contributed by atoms with Crippen LogP contribution in [-0.2, 0) is 19.4 Å². The van der Waals surface area contributed by atoms with Crippen LogP contribution in [-0.4, -0.2) is 39.3 Å². The fourth-order valence-corrected chi connectivity index (χ4v) is 5.19. The van der Waals surface area contributed by atoms with Gasteiger partial charge in [-0.2, -0.15) is 0 Å². The van der Waals surface area contributed by atoms with E-state index in [1.54, 1.807) is 11.8 Å². The first-order valence-corrected chi connectivity index (χ1v) is 12.3. The zero-order valence-electron chi connectivity index (χ0n) is 18.3. The summed E-state index contributed by atoms with van der Waals surface area (Å²) in [6, 6.07) is 12.9. The smallest absolute Gasteiger partial charge is 0.189 e. The molecule has 0 atom stereocenters. The minimum absolute atomic E-state index is 0.652. The number of aryl methyl sites for hydroxylation is 2. The fourth-order valence-electron chi connectivity index (χ4n) is 4.81. The fraction of sp³-hybridized carbons (Fsp3) is 0.320. The summed E-state index contributed by atoms with van der Waals surface area (Å²) < 4.78 is 6.13. The third-order valence-corrected chi connectivity index (χ3v) is 6.89. The molecule has 0 fully saturated rings. The molecule has 1 N–H and O–H groups in total. The maximum absolute atomic E-state index is 6.13. The number of nitrogens with one attached hydrogen (secondary N) is 1. The highest BCUT2D eigenvalue weighted by atomic mass is 32.2. The van der Waals surface area contributed by atoms with Crippen molar-refractivity contribution in [3.63, 3.8) is 0 Å². The Hall–Kier alpha value is -3.06. The Bertz CT molecular complexity index is 1330. The lowest BCUT2D eigenvalue weighted by atomic mass is 10.0. The summed E-state index contributed by atoms with van der Waals surface area (Å²) in [5.74, 6) is 2.99. The predicted molar refractivity (Wildman–Crippen MR) is 129 cm³/mol. The number of thioether (sulfide) groups is 1. The average Bonchev–Trinajstić information content (AvgIpc) is 3.37. The molecule has 2 aromatic carbocycles. The van der Waals surface area contributed by atoms with Crippen LogP contribution in [0.3, 0.4) is 0 Å². The molecule has 3 heterocycles. The van der Waals surface area contributed by atoms with Gasteiger partial charge in [-0.3, -0.25) is 0 Å². The van der Waals surface area contributed by atoms with Crippen LogP contribution in [0, 0.1) is 6.92 Å². The molecule has 0 radical (unpaired) electrons. The second-order valence-corrected chi connectivity index (χ2v) is 9.23. The van der Waals surface area contributed by atoms with Gasteiger partial charge in [-0.1, -0.05) is 23.9 Å². The Morgan fingerprint density at radius 3 is 2.81 bits per heavy atom. The van der Waals surface area contributed by atoms with Gasteiger partial charge in [0.05, 0.1) is 23.3 Å². The largest absolute Gasteiger partial charge is 0.491 e. The van der Waals surface area contributed by atoms with Gasteiger partial charge in [0.2, 0.25) is 0 Å². The molecule has 1 aliphatic heterocycles. The molecule has 0 unspecified atom stereocenters. The van der Waals surface area contributed by atoms with Crippen LogP contribution in [0.2, 0.25) is 0 Å². The highest BCUT2D eigenvalue weighted by Crippen LogP contribution is 2.35. The van der Waals surface area contributed by atoms with Crippen molar-refractivity contribution in [3.05, 3.63) is 59.0 Å². The highest BCUT2D eigenvalue weighted by molar-refractivity contribution is 7.98. The second kappa shape index (κ2) is 7.81. The van der Waals surface area contributed by atoms with Crippen molar-refractivity contribution in [1.29, 1.82) is 0 Å². The molecule has 0 spiro atoms. The molecule has 7 heteroatoms. The van der Waals surface area contributed by atoms with Gasteiger partial charge in [-0.15, -0.1) is 0 Å². The van der Waals surface area contributed by atoms with Crippen molar-refractivity contribution >= 4 is 28.6 Å². The molecule has 2 aromatic heterocycles. The van der Waals surface area contributed by atoms with Crippen LogP contribution in [0.1, 0.15) is 29.1 Å². The molecule has 32 heavy (non-hydrogen) atoms. The maximum atomic E-state index is 6.13. The third kappa shape index (κ3) is 3.41. The lowest BCUT2D eigenvalue weighted by Crippen LogP contribution is -2.27. The number of imidazole rings is 1. The van der Waals surface area contributed by atoms with E-state index < -0.39 is 0 Å². The number of benzene rings is 2. The summed E-state index contributed by atoms with van der Waals surface area (Å²) in [5.41, 5.74) is 8.15. The normalized spacial score (nSPS) is 15.4. The van der Waals surface area contributed by atoms with Gasteiger partial charge in [-0.25, -0.2) is 15.0 Å². The van der Waals surface area contributed by atoms with Crippen LogP contribution in [0.15, 0.2) is 41.6 Å². The molecule has 4 aromatic rings. The van der Waals surface area contributed by atoms with E-state index in [9.17, 15) is 0 Å². The van der Waals surface area contributed by atoms with E-state index in [1.807, 2.05) is 13.2 Å². The Balaban J connectivity index is 1.38. The first kappa shape index (κ1) is 19.6. The number of aromatic nitrogens is 4. The standard InChI is InChI=1S/C25H25N5OS/c1-15-26-21-8-6-17(13-22(21)27-15)16-7-9-23-18(12-16)14-30(10-11-31-23)24-19-4-3-5-20(19)28-25(29-24)32-2/h6-9,12-13H,3-5,10-11,14H2,1-2H3,(H,26,27). The van der Waals surface area contributed by atoms with E-state index in [4.69, 9.17) is 14.7 Å². The van der Waals surface area contributed by atoms with Gasteiger partial charge in [0.1, 0.15) is 24.0 Å². The molecule has 2 aliphatic rings. The second-order valence-electron chi connectivity index (χ2n) is 8.46. The Kier molecular flexibility index (Phi) is 4.79. The van der Waals surface area contributed by atoms with E-state index in [0.29, 0.717) is 6.61 Å². The zero-order chi connectivity index (χ0) is 21.7. The van der Waals surface area contributed by atoms with E-state index in [2.05, 4.69) is 51.3 Å². The predicted octanol–water partition coefficient (Wildman–Crippen LogP) is 4.94. The van der Waals surface area contributed by atoms with Crippen molar-refractivity contribution < 1.29 is 4.74 Å². The molecule has 6 rings (SSSR count). The first-order valence-electron chi connectivity index (χ1n) is 11.1. The number of fused-ring (bicyclic) bond motifs is 3. The number of anilines is 1. The number of aromatic amines is 1. The summed E-state index contributed by atoms with van der Waals surface area (Å²) >= 11 is 1.62. The van der Waals surface area contributed by atoms with Crippen molar-refractivity contribution in [2.45, 2.75) is 37.9 Å². The average molecular weight is 444 g/mol. The van der Waals surface area contributed by atoms with Gasteiger partial charge < -0.3 is 14.6 Å². The number of ether oxygens (including phenoxy) is 1. The van der Waals surface area contributed by atoms with E-state index in [1.165, 1.54) is 27.9 Å². The maximum Gasteiger partial charge on any atom is 0.189 e. The van der Waals surface area contributed by atoms with Crippen molar-refractivity contribution in [2.24, 2.45) is 0 Å². The number of nitrogens with zero attached hydrogens (tertiary/aromatic N) is 4. The van der Waals surface area contributed by atoms with Crippen LogP contribution >= 0.6 is 11.8 Å². The van der Waals surface area contributed by atoms with Crippen LogP contribution < -0.4 is 9.64 Å². The van der Waals surface area contributed by atoms with Crippen molar-refractivity contribution in [1.82, 2.24) is 19.9 Å². The first-order chi connectivity index (χ1) is 15.7. The van der Waals surface area contributed by atoms with E-state index in [-0.39, 0.29) is 0 Å². The molecule has 0 amide bonds. The summed E-state index contributed by atoms with van der Waals surface area (Å²) in [4.78, 5) is 19.9. The quantitative estimate of drug-likeness (QED) is 0.357. The topological polar surface area (TPSA) is 66.9 Å². The Labute approximate surface area is 191 Å². The Morgan fingerprint density at radius 2 is 1.91 bits per heavy atom. The summed E-state index contributed by atoms with van der Waals surface area (Å²) in [5, 5.41) is 0.864. The SMILES string of the molecule is CSc1nc2c(c(N3CCOc4ccc(-c5ccc6nc(C)[nH]c6c5)cc4C3)n1)CCC2. The number of rotatable bonds is 3. The highest BCUT2D eigenvalue weighted by Gasteiger charge is 2.25. The summed E-state index contributed by atoms with van der Waals surface area (Å²) in [7, 11) is 0. The summed E-state index contributed by atoms with van der Waals surface area (Å²) in [6.45, 7) is 4.24. The van der Waals surface area contributed by atoms with Crippen LogP contribution in [0.25, 0.3) is 22.2 Å². The van der Waals surface area contributed by atoms with E-state index in [0.717, 1.165) is 65.9 Å². The van der Waals surface area contributed by atoms with Gasteiger partial charge in [0.15, 0.2) is 5.16 Å². The lowest BCUT2D eigenvalue weighted by molar-refractivity contribution is 0.331. The molecule has 162 valence electrons. The van der Waals surface area contributed by atoms with Crippen LogP contribution in [0.4, 0.5) is 5.82 Å². The molecule has 0 saturated carbocycles. The zero-order valence-corrected chi connectivity index (χ0v) is 19.1. The van der Waals surface area contributed by atoms with Gasteiger partial charge in [0, 0.05) is 17.7 Å². The third-order valence-electron chi connectivity index (χ3n) is 6.35. The number of H-pyrrole nitrogens is 1. The molecular formula is C25H25N5OS. The van der Waals surface area contributed by atoms with Crippen LogP contribution in [0.5, 0.6) is 5.75 Å². The van der Waals surface area contributed by atoms with Gasteiger partial charge in [0.25, 0.3) is 0 Å². The monoisotopic (exact) mass is 443 g/mol. The minimum atomic E-state index is 0.652. The van der Waals surface area contributed by atoms with Gasteiger partial charge in [-0.05, 0) is 67.8 Å². The molecule has 1 aliphatic carbocycles. The number of hydrogen-bond acceptors (Lipinski definition) is 6. The summed E-state index contributed by atoms with van der Waals surface area (Å²) in [6.07, 6.45) is 5.33. The molecular weight excluding hydrogens is 418 g/mol. The van der Waals surface area contributed by atoms with Crippen molar-refractivity contribution in [2.75, 3.05) is 24.3 Å². The lowest BCUT2D eigenvalue weighted by Gasteiger charge is -2.24. The Morgan fingerprint density at radius 1 is 1.03 bits per heavy atom.